The molecule has 0 spiro atoms. The van der Waals surface area contributed by atoms with Crippen molar-refractivity contribution in [2.45, 2.75) is 456 Å². The molecule has 0 fully saturated rings. The smallest absolute Gasteiger partial charge is 0.305 e. The highest BCUT2D eigenvalue weighted by Gasteiger charge is 2.18. The summed E-state index contributed by atoms with van der Waals surface area (Å²) in [6.07, 6.45) is 96.0. The first kappa shape index (κ1) is 83.3. The lowest BCUT2D eigenvalue weighted by Gasteiger charge is -2.20. The van der Waals surface area contributed by atoms with E-state index in [0.717, 1.165) is 44.9 Å². The molecule has 1 amide bonds. The molecule has 6 heteroatoms. The summed E-state index contributed by atoms with van der Waals surface area (Å²) in [5, 5.41) is 23.2. The average Bonchev–Trinajstić information content (AvgIpc) is 3.52. The topological polar surface area (TPSA) is 95.9 Å². The molecule has 504 valence electrons. The zero-order chi connectivity index (χ0) is 61.3. The summed E-state index contributed by atoms with van der Waals surface area (Å²) in [4.78, 5) is 24.6. The number of aliphatic hydroxyl groups excluding tert-OH is 2. The molecule has 0 aromatic carbocycles. The van der Waals surface area contributed by atoms with Crippen molar-refractivity contribution in [2.24, 2.45) is 0 Å². The standard InChI is InChI=1S/C79H153NO5/c1-3-5-7-9-11-13-15-17-44-49-53-57-61-65-69-73-79(84)85-74-70-66-62-58-54-50-46-43-41-39-37-35-33-31-29-27-25-23-21-19-20-22-24-26-28-30-32-34-36-38-40-42-45-48-52-56-60-64-68-72-78(83)80-76(75-81)77(82)71-67-63-59-55-51-47-18-16-14-12-10-8-6-4-2/h17,44,67,71,76-77,81-82H,3-16,18-43,45-66,68-70,72-75H2,1-2H3,(H,80,83)/b44-17-,71-67+. The lowest BCUT2D eigenvalue weighted by atomic mass is 10.0. The van der Waals surface area contributed by atoms with E-state index in [9.17, 15) is 19.8 Å². The number of aliphatic hydroxyl groups is 2. The van der Waals surface area contributed by atoms with Gasteiger partial charge in [-0.2, -0.15) is 0 Å². The minimum atomic E-state index is -0.839. The predicted octanol–water partition coefficient (Wildman–Crippen LogP) is 25.7. The van der Waals surface area contributed by atoms with E-state index in [0.29, 0.717) is 19.4 Å². The summed E-state index contributed by atoms with van der Waals surface area (Å²) in [6.45, 7) is 4.93. The Labute approximate surface area is 532 Å². The van der Waals surface area contributed by atoms with E-state index in [1.54, 1.807) is 6.08 Å². The van der Waals surface area contributed by atoms with E-state index < -0.39 is 12.1 Å². The van der Waals surface area contributed by atoms with Gasteiger partial charge < -0.3 is 20.3 Å². The third kappa shape index (κ3) is 71.3. The maximum atomic E-state index is 12.5. The second kappa shape index (κ2) is 74.8. The molecule has 0 saturated heterocycles. The summed E-state index contributed by atoms with van der Waals surface area (Å²) in [6, 6.07) is -0.622. The Kier molecular flexibility index (Phi) is 73.3. The minimum Gasteiger partial charge on any atom is -0.466 e. The quantitative estimate of drug-likeness (QED) is 0.0320. The van der Waals surface area contributed by atoms with Crippen LogP contribution in [0.25, 0.3) is 0 Å². The maximum Gasteiger partial charge on any atom is 0.305 e. The van der Waals surface area contributed by atoms with Crippen molar-refractivity contribution in [3.8, 4) is 0 Å². The molecule has 0 aromatic rings. The molecule has 0 heterocycles. The van der Waals surface area contributed by atoms with Crippen LogP contribution in [0.3, 0.4) is 0 Å². The highest BCUT2D eigenvalue weighted by Crippen LogP contribution is 2.20. The van der Waals surface area contributed by atoms with Crippen molar-refractivity contribution in [2.75, 3.05) is 13.2 Å². The molecule has 0 rings (SSSR count). The Morgan fingerprint density at radius 3 is 0.835 bits per heavy atom. The number of carbonyl (C=O) groups excluding carboxylic acids is 2. The molecule has 0 aromatic heterocycles. The summed E-state index contributed by atoms with van der Waals surface area (Å²) >= 11 is 0. The zero-order valence-corrected chi connectivity index (χ0v) is 57.9. The molecule has 2 unspecified atom stereocenters. The molecule has 0 radical (unpaired) electrons. The third-order valence-electron chi connectivity index (χ3n) is 18.5. The molecule has 3 N–H and O–H groups in total. The van der Waals surface area contributed by atoms with Crippen LogP contribution < -0.4 is 5.32 Å². The number of carbonyl (C=O) groups is 2. The van der Waals surface area contributed by atoms with Gasteiger partial charge in [0.1, 0.15) is 0 Å². The normalized spacial score (nSPS) is 12.6. The molecule has 6 nitrogen and oxygen atoms in total. The van der Waals surface area contributed by atoms with Crippen molar-refractivity contribution in [3.05, 3.63) is 24.3 Å². The van der Waals surface area contributed by atoms with Crippen LogP contribution >= 0.6 is 0 Å². The maximum absolute atomic E-state index is 12.5. The van der Waals surface area contributed by atoms with Crippen LogP contribution in [0.5, 0.6) is 0 Å². The van der Waals surface area contributed by atoms with Gasteiger partial charge in [-0.25, -0.2) is 0 Å². The van der Waals surface area contributed by atoms with Gasteiger partial charge in [-0.3, -0.25) is 9.59 Å². The van der Waals surface area contributed by atoms with Crippen molar-refractivity contribution >= 4 is 11.9 Å². The fourth-order valence-electron chi connectivity index (χ4n) is 12.5. The van der Waals surface area contributed by atoms with Crippen molar-refractivity contribution in [1.29, 1.82) is 0 Å². The number of ether oxygens (including phenoxy) is 1. The van der Waals surface area contributed by atoms with Crippen LogP contribution in [0.4, 0.5) is 0 Å². The monoisotopic (exact) mass is 1200 g/mol. The first-order valence-corrected chi connectivity index (χ1v) is 39.1. The number of allylic oxidation sites excluding steroid dienone is 3. The molecule has 85 heavy (non-hydrogen) atoms. The van der Waals surface area contributed by atoms with E-state index >= 15 is 0 Å². The zero-order valence-electron chi connectivity index (χ0n) is 57.9. The van der Waals surface area contributed by atoms with E-state index in [-0.39, 0.29) is 18.5 Å². The van der Waals surface area contributed by atoms with Crippen LogP contribution in [0.2, 0.25) is 0 Å². The Morgan fingerprint density at radius 1 is 0.318 bits per heavy atom. The number of esters is 1. The van der Waals surface area contributed by atoms with E-state index in [2.05, 4.69) is 31.3 Å². The number of rotatable bonds is 74. The van der Waals surface area contributed by atoms with Gasteiger partial charge >= 0.3 is 5.97 Å². The third-order valence-corrected chi connectivity index (χ3v) is 18.5. The Balaban J connectivity index is 3.29. The van der Waals surface area contributed by atoms with E-state index in [4.69, 9.17) is 4.74 Å². The first-order chi connectivity index (χ1) is 42.0. The van der Waals surface area contributed by atoms with E-state index in [1.807, 2.05) is 6.08 Å². The molecule has 0 aliphatic rings. The molecular weight excluding hydrogens is 1040 g/mol. The van der Waals surface area contributed by atoms with Gasteiger partial charge in [0.15, 0.2) is 0 Å². The highest BCUT2D eigenvalue weighted by atomic mass is 16.5. The fraction of sp³-hybridized carbons (Fsp3) is 0.924. The minimum absolute atomic E-state index is 0.0167. The number of hydrogen-bond acceptors (Lipinski definition) is 5. The van der Waals surface area contributed by atoms with Gasteiger partial charge in [0.25, 0.3) is 0 Å². The molecule has 0 bridgehead atoms. The lowest BCUT2D eigenvalue weighted by Crippen LogP contribution is -2.45. The number of hydrogen-bond donors (Lipinski definition) is 3. The summed E-state index contributed by atoms with van der Waals surface area (Å²) < 4.78 is 5.50. The first-order valence-electron chi connectivity index (χ1n) is 39.1. The molecular formula is C79H153NO5. The second-order valence-corrected chi connectivity index (χ2v) is 27.0. The number of unbranched alkanes of at least 4 members (excludes halogenated alkanes) is 61. The summed E-state index contributed by atoms with van der Waals surface area (Å²) in [7, 11) is 0. The Morgan fingerprint density at radius 2 is 0.553 bits per heavy atom. The summed E-state index contributed by atoms with van der Waals surface area (Å²) in [5.74, 6) is -0.0426. The molecule has 2 atom stereocenters. The van der Waals surface area contributed by atoms with Crippen LogP contribution in [-0.2, 0) is 14.3 Å². The number of nitrogens with one attached hydrogen (secondary N) is 1. The highest BCUT2D eigenvalue weighted by molar-refractivity contribution is 5.76. The largest absolute Gasteiger partial charge is 0.466 e. The van der Waals surface area contributed by atoms with Crippen LogP contribution in [0, 0.1) is 0 Å². The van der Waals surface area contributed by atoms with Gasteiger partial charge in [-0.05, 0) is 57.8 Å². The van der Waals surface area contributed by atoms with Crippen LogP contribution in [-0.4, -0.2) is 47.4 Å². The predicted molar refractivity (Wildman–Crippen MR) is 375 cm³/mol. The average molecular weight is 1200 g/mol. The Bertz CT molecular complexity index is 1330. The van der Waals surface area contributed by atoms with Gasteiger partial charge in [0.05, 0.1) is 25.4 Å². The number of amides is 1. The van der Waals surface area contributed by atoms with Crippen molar-refractivity contribution in [1.82, 2.24) is 5.32 Å². The van der Waals surface area contributed by atoms with Gasteiger partial charge in [-0.15, -0.1) is 0 Å². The molecule has 0 aliphatic carbocycles. The van der Waals surface area contributed by atoms with Crippen molar-refractivity contribution in [3.63, 3.8) is 0 Å². The Hall–Kier alpha value is -1.66. The van der Waals surface area contributed by atoms with Crippen LogP contribution in [0.1, 0.15) is 444 Å². The van der Waals surface area contributed by atoms with E-state index in [1.165, 1.54) is 372 Å². The van der Waals surface area contributed by atoms with Crippen molar-refractivity contribution < 1.29 is 24.5 Å². The van der Waals surface area contributed by atoms with Crippen LogP contribution in [0.15, 0.2) is 24.3 Å². The van der Waals surface area contributed by atoms with Gasteiger partial charge in [-0.1, -0.05) is 398 Å². The van der Waals surface area contributed by atoms with Gasteiger partial charge in [0, 0.05) is 12.8 Å². The second-order valence-electron chi connectivity index (χ2n) is 27.0. The fourth-order valence-corrected chi connectivity index (χ4v) is 12.5. The van der Waals surface area contributed by atoms with Gasteiger partial charge in [0.2, 0.25) is 5.91 Å². The molecule has 0 aliphatic heterocycles. The summed E-state index contributed by atoms with van der Waals surface area (Å²) in [5.41, 5.74) is 0. The SMILES string of the molecule is CCCCCCCC/C=C\CCCCCCCC(=O)OCCCCCCCCCCCCCCCCCCCCCCCCCCCCCCCCCCCCCCCCCC(=O)NC(CO)C(O)/C=C/CCCCCCCCCCCCCC. The molecule has 0 saturated carbocycles. The lowest BCUT2D eigenvalue weighted by molar-refractivity contribution is -0.143.